The molecule has 0 radical (unpaired) electrons. The molecule has 0 aliphatic rings. The number of aliphatic imine (C=N–C) groups is 1. The number of phenols is 1. The van der Waals surface area contributed by atoms with E-state index < -0.39 is 5.97 Å². The van der Waals surface area contributed by atoms with Crippen molar-refractivity contribution < 1.29 is 15.0 Å². The van der Waals surface area contributed by atoms with E-state index in [1.807, 2.05) is 32.0 Å². The highest BCUT2D eigenvalue weighted by Crippen LogP contribution is 2.28. The average molecular weight is 376 g/mol. The summed E-state index contributed by atoms with van der Waals surface area (Å²) < 4.78 is 0.776. The molecule has 2 rings (SSSR count). The Bertz CT molecular complexity index is 769. The summed E-state index contributed by atoms with van der Waals surface area (Å²) in [5.41, 5.74) is 4.15. The van der Waals surface area contributed by atoms with Crippen LogP contribution >= 0.6 is 15.9 Å². The molecule has 2 aromatic carbocycles. The number of hydrogen-bond donors (Lipinski definition) is 2. The lowest BCUT2D eigenvalue weighted by atomic mass is 10.0. The van der Waals surface area contributed by atoms with Gasteiger partial charge in [-0.3, -0.25) is 9.79 Å². The van der Waals surface area contributed by atoms with Crippen molar-refractivity contribution in [2.45, 2.75) is 26.7 Å². The Morgan fingerprint density at radius 1 is 1.26 bits per heavy atom. The molecule has 4 nitrogen and oxygen atoms in total. The van der Waals surface area contributed by atoms with E-state index in [1.54, 1.807) is 18.3 Å². The first-order valence-corrected chi connectivity index (χ1v) is 8.00. The van der Waals surface area contributed by atoms with Crippen molar-refractivity contribution in [3.8, 4) is 5.75 Å². The van der Waals surface area contributed by atoms with E-state index in [0.29, 0.717) is 11.1 Å². The third-order valence-corrected chi connectivity index (χ3v) is 3.96. The number of aromatic hydroxyl groups is 1. The number of hydrogen-bond acceptors (Lipinski definition) is 3. The largest absolute Gasteiger partial charge is 0.507 e. The first-order valence-electron chi connectivity index (χ1n) is 7.21. The van der Waals surface area contributed by atoms with Crippen LogP contribution in [0.4, 0.5) is 5.69 Å². The maximum absolute atomic E-state index is 10.7. The van der Waals surface area contributed by atoms with Gasteiger partial charge in [0.1, 0.15) is 5.75 Å². The third-order valence-electron chi connectivity index (χ3n) is 3.50. The minimum atomic E-state index is -0.894. The lowest BCUT2D eigenvalue weighted by molar-refractivity contribution is -0.136. The molecule has 0 amide bonds. The van der Waals surface area contributed by atoms with Crippen LogP contribution in [0.1, 0.15) is 28.7 Å². The second-order valence-electron chi connectivity index (χ2n) is 5.44. The fourth-order valence-electron chi connectivity index (χ4n) is 2.21. The Kier molecular flexibility index (Phi) is 5.55. The van der Waals surface area contributed by atoms with Gasteiger partial charge in [-0.2, -0.15) is 0 Å². The lowest BCUT2D eigenvalue weighted by Gasteiger charge is -2.08. The van der Waals surface area contributed by atoms with Crippen molar-refractivity contribution in [2.24, 2.45) is 4.99 Å². The minimum absolute atomic E-state index is 0.0302. The van der Waals surface area contributed by atoms with Crippen molar-refractivity contribution >= 4 is 33.8 Å². The van der Waals surface area contributed by atoms with Crippen LogP contribution < -0.4 is 0 Å². The van der Waals surface area contributed by atoms with Gasteiger partial charge in [-0.25, -0.2) is 0 Å². The zero-order chi connectivity index (χ0) is 17.0. The predicted molar refractivity (Wildman–Crippen MR) is 94.9 cm³/mol. The molecular weight excluding hydrogens is 358 g/mol. The Hall–Kier alpha value is -2.14. The van der Waals surface area contributed by atoms with E-state index in [-0.39, 0.29) is 18.6 Å². The van der Waals surface area contributed by atoms with Gasteiger partial charge in [0, 0.05) is 22.7 Å². The molecule has 23 heavy (non-hydrogen) atoms. The number of halogens is 1. The molecule has 5 heteroatoms. The quantitative estimate of drug-likeness (QED) is 0.753. The highest BCUT2D eigenvalue weighted by Gasteiger charge is 2.10. The fourth-order valence-corrected chi connectivity index (χ4v) is 2.73. The normalized spacial score (nSPS) is 11.1. The van der Waals surface area contributed by atoms with Crippen molar-refractivity contribution in [3.63, 3.8) is 0 Å². The Labute approximate surface area is 143 Å². The number of benzene rings is 2. The van der Waals surface area contributed by atoms with Crippen LogP contribution in [0.15, 0.2) is 39.8 Å². The first kappa shape index (κ1) is 17.2. The van der Waals surface area contributed by atoms with Gasteiger partial charge < -0.3 is 10.2 Å². The van der Waals surface area contributed by atoms with Crippen LogP contribution in [0, 0.1) is 13.8 Å². The molecular formula is C18H18BrNO3. The first-order chi connectivity index (χ1) is 10.9. The Morgan fingerprint density at radius 3 is 2.70 bits per heavy atom. The third kappa shape index (κ3) is 4.66. The van der Waals surface area contributed by atoms with Gasteiger partial charge in [0.2, 0.25) is 0 Å². The van der Waals surface area contributed by atoms with E-state index in [1.165, 1.54) is 0 Å². The highest BCUT2D eigenvalue weighted by molar-refractivity contribution is 9.10. The fraction of sp³-hybridized carbons (Fsp3) is 0.222. The van der Waals surface area contributed by atoms with Crippen molar-refractivity contribution in [1.29, 1.82) is 0 Å². The van der Waals surface area contributed by atoms with E-state index in [9.17, 15) is 9.90 Å². The molecule has 0 bridgehead atoms. The molecule has 0 heterocycles. The standard InChI is InChI=1S/C18H18BrNO3/c1-11-3-4-12(2)16(7-11)20-10-14-9-15(19)8-13(18(14)23)5-6-17(21)22/h3-4,7-10,23H,5-6H2,1-2H3,(H,21,22). The average Bonchev–Trinajstić information content (AvgIpc) is 2.49. The molecule has 0 spiro atoms. The number of aliphatic carboxylic acids is 1. The smallest absolute Gasteiger partial charge is 0.303 e. The molecule has 0 aliphatic carbocycles. The maximum atomic E-state index is 10.7. The maximum Gasteiger partial charge on any atom is 0.303 e. The number of nitrogens with zero attached hydrogens (tertiary/aromatic N) is 1. The lowest BCUT2D eigenvalue weighted by Crippen LogP contribution is -1.99. The van der Waals surface area contributed by atoms with Crippen molar-refractivity contribution in [2.75, 3.05) is 0 Å². The predicted octanol–water partition coefficient (Wildman–Crippen LogP) is 4.54. The molecule has 0 saturated carbocycles. The van der Waals surface area contributed by atoms with Crippen LogP contribution in [0.25, 0.3) is 0 Å². The van der Waals surface area contributed by atoms with Crippen LogP contribution in [0.3, 0.4) is 0 Å². The summed E-state index contributed by atoms with van der Waals surface area (Å²) >= 11 is 3.39. The summed E-state index contributed by atoms with van der Waals surface area (Å²) in [5.74, 6) is -0.821. The number of aryl methyl sites for hydroxylation is 3. The van der Waals surface area contributed by atoms with E-state index in [0.717, 1.165) is 21.3 Å². The van der Waals surface area contributed by atoms with Crippen LogP contribution in [-0.2, 0) is 11.2 Å². The Morgan fingerprint density at radius 2 is 2.00 bits per heavy atom. The van der Waals surface area contributed by atoms with Gasteiger partial charge in [-0.1, -0.05) is 28.1 Å². The molecule has 0 saturated heterocycles. The zero-order valence-electron chi connectivity index (χ0n) is 13.0. The van der Waals surface area contributed by atoms with E-state index in [2.05, 4.69) is 20.9 Å². The SMILES string of the molecule is Cc1ccc(C)c(N=Cc2cc(Br)cc(CCC(=O)O)c2O)c1. The topological polar surface area (TPSA) is 69.9 Å². The molecule has 2 N–H and O–H groups in total. The summed E-state index contributed by atoms with van der Waals surface area (Å²) in [6.07, 6.45) is 1.84. The molecule has 120 valence electrons. The minimum Gasteiger partial charge on any atom is -0.507 e. The van der Waals surface area contributed by atoms with Crippen LogP contribution in [0.2, 0.25) is 0 Å². The number of rotatable bonds is 5. The highest BCUT2D eigenvalue weighted by atomic mass is 79.9. The summed E-state index contributed by atoms with van der Waals surface area (Å²) in [7, 11) is 0. The van der Waals surface area contributed by atoms with Gasteiger partial charge in [-0.15, -0.1) is 0 Å². The van der Waals surface area contributed by atoms with Crippen molar-refractivity contribution in [1.82, 2.24) is 0 Å². The van der Waals surface area contributed by atoms with Gasteiger partial charge >= 0.3 is 5.97 Å². The van der Waals surface area contributed by atoms with Gasteiger partial charge in [0.15, 0.2) is 0 Å². The number of carboxylic acids is 1. The Balaban J connectivity index is 2.33. The second kappa shape index (κ2) is 7.42. The van der Waals surface area contributed by atoms with E-state index in [4.69, 9.17) is 5.11 Å². The number of carbonyl (C=O) groups is 1. The molecule has 0 fully saturated rings. The van der Waals surface area contributed by atoms with Gasteiger partial charge in [0.25, 0.3) is 0 Å². The van der Waals surface area contributed by atoms with Crippen LogP contribution in [0.5, 0.6) is 5.75 Å². The zero-order valence-corrected chi connectivity index (χ0v) is 14.6. The van der Waals surface area contributed by atoms with Gasteiger partial charge in [0.05, 0.1) is 5.69 Å². The molecule has 0 aliphatic heterocycles. The summed E-state index contributed by atoms with van der Waals surface area (Å²) in [6, 6.07) is 9.49. The molecule has 2 aromatic rings. The molecule has 0 aromatic heterocycles. The molecule has 0 atom stereocenters. The second-order valence-corrected chi connectivity index (χ2v) is 6.36. The summed E-state index contributed by atoms with van der Waals surface area (Å²) in [4.78, 5) is 15.2. The van der Waals surface area contributed by atoms with Crippen molar-refractivity contribution in [3.05, 3.63) is 57.1 Å². The monoisotopic (exact) mass is 375 g/mol. The summed E-state index contributed by atoms with van der Waals surface area (Å²) in [6.45, 7) is 3.98. The molecule has 0 unspecified atom stereocenters. The van der Waals surface area contributed by atoms with E-state index >= 15 is 0 Å². The van der Waals surface area contributed by atoms with Crippen LogP contribution in [-0.4, -0.2) is 22.4 Å². The summed E-state index contributed by atoms with van der Waals surface area (Å²) in [5, 5.41) is 19.1. The number of phenolic OH excluding ortho intramolecular Hbond substituents is 1. The van der Waals surface area contributed by atoms with Gasteiger partial charge in [-0.05, 0) is 55.2 Å². The number of carboxylic acid groups (broad SMARTS) is 1.